The Hall–Kier alpha value is -2.05. The molecular weight excluding hydrogens is 401 g/mol. The van der Waals surface area contributed by atoms with E-state index in [9.17, 15) is 13.2 Å². The zero-order valence-corrected chi connectivity index (χ0v) is 18.2. The maximum atomic E-state index is 12.8. The van der Waals surface area contributed by atoms with Crippen molar-refractivity contribution in [1.82, 2.24) is 4.90 Å². The third kappa shape index (κ3) is 6.71. The lowest BCUT2D eigenvalue weighted by molar-refractivity contribution is -0.137. The number of halogens is 3. The Balaban J connectivity index is 1.68. The molecule has 0 radical (unpaired) electrons. The van der Waals surface area contributed by atoms with Crippen molar-refractivity contribution in [2.45, 2.75) is 51.2 Å². The molecule has 1 heterocycles. The van der Waals surface area contributed by atoms with Crippen LogP contribution in [0.5, 0.6) is 5.75 Å². The number of nitrogens with two attached hydrogens (primary N) is 1. The first-order valence-electron chi connectivity index (χ1n) is 11.2. The Bertz CT molecular complexity index is 790. The second-order valence-corrected chi connectivity index (χ2v) is 8.44. The van der Waals surface area contributed by atoms with Crippen molar-refractivity contribution in [3.8, 4) is 5.75 Å². The fourth-order valence-corrected chi connectivity index (χ4v) is 4.35. The van der Waals surface area contributed by atoms with Gasteiger partial charge in [0.05, 0.1) is 12.2 Å². The fourth-order valence-electron chi connectivity index (χ4n) is 4.35. The zero-order valence-electron chi connectivity index (χ0n) is 18.2. The summed E-state index contributed by atoms with van der Waals surface area (Å²) in [4.78, 5) is 2.50. The quantitative estimate of drug-likeness (QED) is 0.504. The Morgan fingerprint density at radius 2 is 1.74 bits per heavy atom. The third-order valence-electron chi connectivity index (χ3n) is 6.19. The molecule has 6 heteroatoms. The van der Waals surface area contributed by atoms with Crippen molar-refractivity contribution in [3.05, 3.63) is 65.2 Å². The van der Waals surface area contributed by atoms with Crippen LogP contribution in [0.3, 0.4) is 0 Å². The molecule has 0 unspecified atom stereocenters. The van der Waals surface area contributed by atoms with Crippen molar-refractivity contribution >= 4 is 0 Å². The van der Waals surface area contributed by atoms with Crippen molar-refractivity contribution in [2.75, 3.05) is 26.2 Å². The minimum absolute atomic E-state index is 0.279. The van der Waals surface area contributed by atoms with Gasteiger partial charge in [0.2, 0.25) is 0 Å². The molecule has 2 aromatic rings. The van der Waals surface area contributed by atoms with E-state index in [1.54, 1.807) is 0 Å². The maximum absolute atomic E-state index is 12.8. The standard InChI is InChI=1S/C25H33F3N2O/c1-2-3-4-14-30-15-13-24(20-7-5-19(16-29)6-8-20)21(17-30)18-31-23-11-9-22(10-12-23)25(26,27)28/h5-12,21,24H,2-4,13-18,29H2,1H3/t21-,24-/m0/s1. The maximum Gasteiger partial charge on any atom is 0.416 e. The molecule has 0 bridgehead atoms. The second-order valence-electron chi connectivity index (χ2n) is 8.44. The molecule has 3 nitrogen and oxygen atoms in total. The number of alkyl halides is 3. The summed E-state index contributed by atoms with van der Waals surface area (Å²) in [5.74, 6) is 1.12. The molecule has 1 aliphatic heterocycles. The largest absolute Gasteiger partial charge is 0.493 e. The van der Waals surface area contributed by atoms with E-state index < -0.39 is 11.7 Å². The van der Waals surface area contributed by atoms with E-state index in [4.69, 9.17) is 10.5 Å². The van der Waals surface area contributed by atoms with Gasteiger partial charge in [-0.1, -0.05) is 44.0 Å². The van der Waals surface area contributed by atoms with Crippen LogP contribution >= 0.6 is 0 Å². The first-order valence-corrected chi connectivity index (χ1v) is 11.2. The second kappa shape index (κ2) is 11.0. The number of nitrogens with zero attached hydrogens (tertiary/aromatic N) is 1. The van der Waals surface area contributed by atoms with Gasteiger partial charge in [-0.3, -0.25) is 0 Å². The summed E-state index contributed by atoms with van der Waals surface area (Å²) in [6.07, 6.45) is 0.341. The van der Waals surface area contributed by atoms with Gasteiger partial charge in [-0.05, 0) is 67.2 Å². The molecule has 3 rings (SSSR count). The SMILES string of the molecule is CCCCCN1CC[C@@H](c2ccc(CN)cc2)[C@H](COc2ccc(C(F)(F)F)cc2)C1. The predicted octanol–water partition coefficient (Wildman–Crippen LogP) is 5.84. The lowest BCUT2D eigenvalue weighted by Gasteiger charge is -2.39. The molecule has 2 N–H and O–H groups in total. The smallest absolute Gasteiger partial charge is 0.416 e. The van der Waals surface area contributed by atoms with E-state index in [2.05, 4.69) is 36.1 Å². The first kappa shape index (κ1) is 23.6. The van der Waals surface area contributed by atoms with Crippen LogP contribution in [0.4, 0.5) is 13.2 Å². The van der Waals surface area contributed by atoms with Crippen LogP contribution in [0.25, 0.3) is 0 Å². The molecule has 1 aliphatic rings. The van der Waals surface area contributed by atoms with Crippen LogP contribution in [0.2, 0.25) is 0 Å². The van der Waals surface area contributed by atoms with E-state index in [0.717, 1.165) is 43.8 Å². The molecule has 2 atom stereocenters. The van der Waals surface area contributed by atoms with Gasteiger partial charge in [-0.15, -0.1) is 0 Å². The molecule has 1 fully saturated rings. The summed E-state index contributed by atoms with van der Waals surface area (Å²) in [5.41, 5.74) is 7.47. The summed E-state index contributed by atoms with van der Waals surface area (Å²) < 4.78 is 44.4. The number of unbranched alkanes of at least 4 members (excludes halogenated alkanes) is 2. The summed E-state index contributed by atoms with van der Waals surface area (Å²) in [5, 5.41) is 0. The molecule has 0 aliphatic carbocycles. The van der Waals surface area contributed by atoms with Gasteiger partial charge in [0, 0.05) is 19.0 Å². The Morgan fingerprint density at radius 1 is 1.03 bits per heavy atom. The molecule has 31 heavy (non-hydrogen) atoms. The average Bonchev–Trinajstić information content (AvgIpc) is 2.78. The first-order chi connectivity index (χ1) is 14.9. The van der Waals surface area contributed by atoms with Gasteiger partial charge in [-0.2, -0.15) is 13.2 Å². The third-order valence-corrected chi connectivity index (χ3v) is 6.19. The summed E-state index contributed by atoms with van der Waals surface area (Å²) >= 11 is 0. The molecule has 170 valence electrons. The lowest BCUT2D eigenvalue weighted by atomic mass is 9.80. The molecule has 0 aromatic heterocycles. The van der Waals surface area contributed by atoms with Gasteiger partial charge in [0.15, 0.2) is 0 Å². The normalized spacial score (nSPS) is 20.0. The molecule has 1 saturated heterocycles. The van der Waals surface area contributed by atoms with E-state index in [-0.39, 0.29) is 5.92 Å². The van der Waals surface area contributed by atoms with Crippen LogP contribution in [0.15, 0.2) is 48.5 Å². The van der Waals surface area contributed by atoms with Crippen LogP contribution in [-0.4, -0.2) is 31.1 Å². The van der Waals surface area contributed by atoms with E-state index in [0.29, 0.717) is 24.8 Å². The van der Waals surface area contributed by atoms with Crippen molar-refractivity contribution in [1.29, 1.82) is 0 Å². The van der Waals surface area contributed by atoms with E-state index in [1.807, 2.05) is 0 Å². The summed E-state index contributed by atoms with van der Waals surface area (Å²) in [6.45, 7) is 6.30. The monoisotopic (exact) mass is 434 g/mol. The van der Waals surface area contributed by atoms with Gasteiger partial charge < -0.3 is 15.4 Å². The topological polar surface area (TPSA) is 38.5 Å². The van der Waals surface area contributed by atoms with E-state index >= 15 is 0 Å². The summed E-state index contributed by atoms with van der Waals surface area (Å²) in [6, 6.07) is 13.5. The minimum Gasteiger partial charge on any atom is -0.493 e. The Kier molecular flexibility index (Phi) is 8.38. The number of hydrogen-bond donors (Lipinski definition) is 1. The average molecular weight is 435 g/mol. The lowest BCUT2D eigenvalue weighted by Crippen LogP contribution is -2.42. The number of hydrogen-bond acceptors (Lipinski definition) is 3. The molecule has 0 spiro atoms. The number of benzene rings is 2. The number of piperidine rings is 1. The van der Waals surface area contributed by atoms with Crippen molar-refractivity contribution in [3.63, 3.8) is 0 Å². The highest BCUT2D eigenvalue weighted by Crippen LogP contribution is 2.35. The number of rotatable bonds is 9. The van der Waals surface area contributed by atoms with Crippen LogP contribution in [0.1, 0.15) is 55.2 Å². The fraction of sp³-hybridized carbons (Fsp3) is 0.520. The molecule has 2 aromatic carbocycles. The summed E-state index contributed by atoms with van der Waals surface area (Å²) in [7, 11) is 0. The molecule has 0 amide bonds. The number of ether oxygens (including phenoxy) is 1. The van der Waals surface area contributed by atoms with Gasteiger partial charge in [0.1, 0.15) is 5.75 Å². The zero-order chi connectivity index (χ0) is 22.3. The predicted molar refractivity (Wildman–Crippen MR) is 118 cm³/mol. The van der Waals surface area contributed by atoms with Gasteiger partial charge in [-0.25, -0.2) is 0 Å². The van der Waals surface area contributed by atoms with Gasteiger partial charge in [0.25, 0.3) is 0 Å². The van der Waals surface area contributed by atoms with Crippen molar-refractivity contribution < 1.29 is 17.9 Å². The van der Waals surface area contributed by atoms with Crippen LogP contribution in [-0.2, 0) is 12.7 Å². The number of likely N-dealkylation sites (tertiary alicyclic amines) is 1. The van der Waals surface area contributed by atoms with Crippen LogP contribution < -0.4 is 10.5 Å². The Labute approximate surface area is 183 Å². The Morgan fingerprint density at radius 3 is 2.35 bits per heavy atom. The van der Waals surface area contributed by atoms with Crippen molar-refractivity contribution in [2.24, 2.45) is 11.7 Å². The molecular formula is C25H33F3N2O. The highest BCUT2D eigenvalue weighted by molar-refractivity contribution is 5.29. The molecule has 0 saturated carbocycles. The van der Waals surface area contributed by atoms with E-state index in [1.165, 1.54) is 37.0 Å². The minimum atomic E-state index is -4.33. The van der Waals surface area contributed by atoms with Crippen LogP contribution in [0, 0.1) is 5.92 Å². The van der Waals surface area contributed by atoms with Gasteiger partial charge >= 0.3 is 6.18 Å². The highest BCUT2D eigenvalue weighted by atomic mass is 19.4. The highest BCUT2D eigenvalue weighted by Gasteiger charge is 2.32.